The van der Waals surface area contributed by atoms with Gasteiger partial charge in [-0.1, -0.05) is 19.1 Å². The number of carbonyl (C=O) groups excluding carboxylic acids is 1. The van der Waals surface area contributed by atoms with Gasteiger partial charge in [-0.05, 0) is 24.3 Å². The van der Waals surface area contributed by atoms with Crippen LogP contribution in [0.3, 0.4) is 0 Å². The minimum atomic E-state index is -4.85. The molecule has 0 saturated carbocycles. The van der Waals surface area contributed by atoms with Crippen molar-refractivity contribution in [2.24, 2.45) is 0 Å². The smallest absolute Gasteiger partial charge is 0.342 e. The van der Waals surface area contributed by atoms with E-state index in [0.717, 1.165) is 31.3 Å². The van der Waals surface area contributed by atoms with E-state index in [9.17, 15) is 26.4 Å². The molecule has 1 aromatic carbocycles. The second-order valence-corrected chi connectivity index (χ2v) is 8.43. The highest BCUT2D eigenvalue weighted by Gasteiger charge is 2.58. The third-order valence-corrected chi connectivity index (χ3v) is 6.34. The number of hydrogen-bond donors (Lipinski definition) is 0. The van der Waals surface area contributed by atoms with E-state index in [0.29, 0.717) is 0 Å². The molecule has 7 nitrogen and oxygen atoms in total. The summed E-state index contributed by atoms with van der Waals surface area (Å²) < 4.78 is 74.2. The molecule has 30 heavy (non-hydrogen) atoms. The summed E-state index contributed by atoms with van der Waals surface area (Å²) in [4.78, 5) is 17.6. The molecule has 11 heteroatoms. The molecular formula is C19H21F3N2O5S. The lowest BCUT2D eigenvalue weighted by Gasteiger charge is -2.33. The summed E-state index contributed by atoms with van der Waals surface area (Å²) >= 11 is 0. The molecule has 2 aromatic rings. The van der Waals surface area contributed by atoms with E-state index < -0.39 is 27.7 Å². The molecule has 0 aliphatic rings. The van der Waals surface area contributed by atoms with E-state index in [2.05, 4.69) is 14.5 Å². The van der Waals surface area contributed by atoms with E-state index in [1.807, 2.05) is 0 Å². The summed E-state index contributed by atoms with van der Waals surface area (Å²) in [5, 5.41) is 0. The number of amides is 1. The lowest BCUT2D eigenvalue weighted by atomic mass is 10.0. The predicted molar refractivity (Wildman–Crippen MR) is 103 cm³/mol. The number of hydrogen-bond acceptors (Lipinski definition) is 6. The fourth-order valence-corrected chi connectivity index (χ4v) is 3.88. The third-order valence-electron chi connectivity index (χ3n) is 4.58. The second-order valence-electron chi connectivity index (χ2n) is 6.19. The Morgan fingerprint density at radius 1 is 1.10 bits per heavy atom. The first-order valence-corrected chi connectivity index (χ1v) is 10.3. The normalized spacial score (nSPS) is 12.6. The van der Waals surface area contributed by atoms with Crippen molar-refractivity contribution >= 4 is 21.4 Å². The number of halogens is 3. The highest BCUT2D eigenvalue weighted by molar-refractivity contribution is 7.91. The van der Waals surface area contributed by atoms with Crippen LogP contribution in [0.25, 0.3) is 0 Å². The van der Waals surface area contributed by atoms with Crippen LogP contribution in [0, 0.1) is 0 Å². The minimum Gasteiger partial charge on any atom is -0.342 e. The Morgan fingerprint density at radius 2 is 1.67 bits per heavy atom. The second kappa shape index (κ2) is 8.70. The largest absolute Gasteiger partial charge is 0.448 e. The van der Waals surface area contributed by atoms with Crippen LogP contribution < -0.4 is 4.90 Å². The van der Waals surface area contributed by atoms with Crippen LogP contribution in [-0.4, -0.2) is 52.5 Å². The summed E-state index contributed by atoms with van der Waals surface area (Å²) in [5.74, 6) is -3.90. The molecule has 0 bridgehead atoms. The number of pyridine rings is 1. The van der Waals surface area contributed by atoms with Gasteiger partial charge in [-0.3, -0.25) is 4.79 Å². The molecule has 0 saturated heterocycles. The fraction of sp³-hybridized carbons (Fsp3) is 0.368. The Balaban J connectivity index is 2.43. The lowest BCUT2D eigenvalue weighted by Crippen LogP contribution is -2.45. The highest BCUT2D eigenvalue weighted by atomic mass is 32.2. The maximum Gasteiger partial charge on any atom is 0.448 e. The number of methoxy groups -OCH3 is 2. The van der Waals surface area contributed by atoms with Gasteiger partial charge in [0.1, 0.15) is 5.69 Å². The number of carbonyl (C=O) groups is 1. The molecule has 1 aromatic heterocycles. The molecule has 0 aliphatic carbocycles. The van der Waals surface area contributed by atoms with Gasteiger partial charge in [0.05, 0.1) is 10.6 Å². The van der Waals surface area contributed by atoms with Crippen molar-refractivity contribution in [2.45, 2.75) is 23.8 Å². The van der Waals surface area contributed by atoms with E-state index >= 15 is 0 Å². The molecule has 164 valence electrons. The third kappa shape index (κ3) is 4.18. The van der Waals surface area contributed by atoms with Gasteiger partial charge in [-0.25, -0.2) is 13.4 Å². The molecule has 0 fully saturated rings. The molecular weight excluding hydrogens is 425 g/mol. The molecule has 0 radical (unpaired) electrons. The lowest BCUT2D eigenvalue weighted by molar-refractivity contribution is -0.376. The van der Waals surface area contributed by atoms with E-state index in [-0.39, 0.29) is 27.6 Å². The maximum absolute atomic E-state index is 13.5. The van der Waals surface area contributed by atoms with Gasteiger partial charge in [-0.2, -0.15) is 13.2 Å². The Kier molecular flexibility index (Phi) is 6.90. The molecule has 1 heterocycles. The number of benzene rings is 1. The van der Waals surface area contributed by atoms with Crippen molar-refractivity contribution in [3.05, 3.63) is 53.9 Å². The Labute approximate surface area is 172 Å². The average molecular weight is 446 g/mol. The van der Waals surface area contributed by atoms with Crippen molar-refractivity contribution in [2.75, 3.05) is 31.9 Å². The van der Waals surface area contributed by atoms with Crippen molar-refractivity contribution < 1.29 is 35.9 Å². The number of anilines is 1. The number of alkyl halides is 3. The van der Waals surface area contributed by atoms with Crippen LogP contribution in [0.15, 0.2) is 47.5 Å². The molecule has 1 amide bonds. The SMILES string of the molecule is CCS(=O)(=O)c1cccnc1C(=O)N(C)c1ccc(C(OC)(OC)C(F)(F)F)cc1. The minimum absolute atomic E-state index is 0.212. The van der Waals surface area contributed by atoms with E-state index in [1.54, 1.807) is 0 Å². The average Bonchev–Trinajstić information content (AvgIpc) is 2.73. The van der Waals surface area contributed by atoms with Gasteiger partial charge in [0, 0.05) is 38.7 Å². The number of sulfone groups is 1. The van der Waals surface area contributed by atoms with Crippen LogP contribution in [0.4, 0.5) is 18.9 Å². The van der Waals surface area contributed by atoms with Crippen LogP contribution in [0.5, 0.6) is 0 Å². The fourth-order valence-electron chi connectivity index (χ4n) is 2.85. The summed E-state index contributed by atoms with van der Waals surface area (Å²) in [6.45, 7) is 1.44. The van der Waals surface area contributed by atoms with Crippen LogP contribution in [-0.2, 0) is 25.1 Å². The van der Waals surface area contributed by atoms with Gasteiger partial charge >= 0.3 is 6.18 Å². The summed E-state index contributed by atoms with van der Waals surface area (Å²) in [7, 11) is -0.603. The quantitative estimate of drug-likeness (QED) is 0.608. The maximum atomic E-state index is 13.5. The first-order chi connectivity index (χ1) is 13.9. The topological polar surface area (TPSA) is 85.8 Å². The van der Waals surface area contributed by atoms with E-state index in [1.165, 1.54) is 44.4 Å². The Morgan fingerprint density at radius 3 is 2.13 bits per heavy atom. The summed E-state index contributed by atoms with van der Waals surface area (Å²) in [6.07, 6.45) is -3.56. The molecule has 0 N–H and O–H groups in total. The van der Waals surface area contributed by atoms with Crippen molar-refractivity contribution in [1.82, 2.24) is 4.98 Å². The number of aromatic nitrogens is 1. The van der Waals surface area contributed by atoms with Gasteiger partial charge in [0.2, 0.25) is 0 Å². The molecule has 0 unspecified atom stereocenters. The molecule has 0 atom stereocenters. The molecule has 0 aliphatic heterocycles. The van der Waals surface area contributed by atoms with Crippen LogP contribution in [0.2, 0.25) is 0 Å². The van der Waals surface area contributed by atoms with Crippen molar-refractivity contribution in [3.8, 4) is 0 Å². The van der Waals surface area contributed by atoms with Gasteiger partial charge < -0.3 is 14.4 Å². The van der Waals surface area contributed by atoms with Crippen LogP contribution >= 0.6 is 0 Å². The van der Waals surface area contributed by atoms with Crippen LogP contribution in [0.1, 0.15) is 23.0 Å². The summed E-state index contributed by atoms with van der Waals surface area (Å²) in [5.41, 5.74) is -0.376. The Bertz CT molecular complexity index is 1000. The Hall–Kier alpha value is -2.50. The monoisotopic (exact) mass is 446 g/mol. The number of nitrogens with zero attached hydrogens (tertiary/aromatic N) is 2. The zero-order chi connectivity index (χ0) is 22.7. The molecule has 0 spiro atoms. The standard InChI is InChI=1S/C19H21F3N2O5S/c1-5-30(26,27)15-7-6-12-23-16(15)17(25)24(2)14-10-8-13(9-11-14)18(28-3,29-4)19(20,21)22/h6-12H,5H2,1-4H3. The van der Waals surface area contributed by atoms with Gasteiger partial charge in [0.15, 0.2) is 9.84 Å². The van der Waals surface area contributed by atoms with Crippen molar-refractivity contribution in [1.29, 1.82) is 0 Å². The van der Waals surface area contributed by atoms with Gasteiger partial charge in [-0.15, -0.1) is 0 Å². The van der Waals surface area contributed by atoms with Gasteiger partial charge in [0.25, 0.3) is 11.7 Å². The zero-order valence-electron chi connectivity index (χ0n) is 16.7. The number of rotatable bonds is 7. The van der Waals surface area contributed by atoms with E-state index in [4.69, 9.17) is 0 Å². The molecule has 2 rings (SSSR count). The van der Waals surface area contributed by atoms with Crippen molar-refractivity contribution in [3.63, 3.8) is 0 Å². The predicted octanol–water partition coefficient (Wildman–Crippen LogP) is 3.16. The number of ether oxygens (including phenoxy) is 2. The first kappa shape index (κ1) is 23.8. The first-order valence-electron chi connectivity index (χ1n) is 8.68. The zero-order valence-corrected chi connectivity index (χ0v) is 17.5. The highest BCUT2D eigenvalue weighted by Crippen LogP contribution is 2.42. The summed E-state index contributed by atoms with van der Waals surface area (Å²) in [6, 6.07) is 7.44.